The maximum atomic E-state index is 13.5. The number of hydrogen-bond acceptors (Lipinski definition) is 3. The van der Waals surface area contributed by atoms with Crippen molar-refractivity contribution in [3.8, 4) is 0 Å². The minimum atomic E-state index is -3.71. The number of nitrogen functional groups attached to an aromatic ring is 1. The highest BCUT2D eigenvalue weighted by atomic mass is 32.2. The van der Waals surface area contributed by atoms with E-state index in [0.29, 0.717) is 12.5 Å². The molecule has 1 rings (SSSR count). The number of nitrogens with one attached hydrogen (secondary N) is 1. The summed E-state index contributed by atoms with van der Waals surface area (Å²) >= 11 is 0. The van der Waals surface area contributed by atoms with E-state index in [-0.39, 0.29) is 16.1 Å². The summed E-state index contributed by atoms with van der Waals surface area (Å²) in [6.07, 6.45) is 2.79. The molecule has 114 valence electrons. The lowest BCUT2D eigenvalue weighted by Gasteiger charge is -2.11. The van der Waals surface area contributed by atoms with Crippen LogP contribution >= 0.6 is 0 Å². The summed E-state index contributed by atoms with van der Waals surface area (Å²) in [4.78, 5) is -0.0844. The molecule has 0 atom stereocenters. The van der Waals surface area contributed by atoms with Gasteiger partial charge in [0.15, 0.2) is 0 Å². The second-order valence-electron chi connectivity index (χ2n) is 5.41. The van der Waals surface area contributed by atoms with Gasteiger partial charge in [-0.05, 0) is 31.4 Å². The Balaban J connectivity index is 2.70. The van der Waals surface area contributed by atoms with Gasteiger partial charge in [-0.15, -0.1) is 0 Å². The van der Waals surface area contributed by atoms with Crippen molar-refractivity contribution >= 4 is 15.7 Å². The second-order valence-corrected chi connectivity index (χ2v) is 7.15. The van der Waals surface area contributed by atoms with Gasteiger partial charge in [0.2, 0.25) is 10.0 Å². The average molecular weight is 302 g/mol. The van der Waals surface area contributed by atoms with Crippen LogP contribution in [0, 0.1) is 18.7 Å². The van der Waals surface area contributed by atoms with E-state index >= 15 is 0 Å². The average Bonchev–Trinajstić information content (AvgIpc) is 2.32. The van der Waals surface area contributed by atoms with E-state index < -0.39 is 15.8 Å². The van der Waals surface area contributed by atoms with Gasteiger partial charge in [0.1, 0.15) is 5.82 Å². The molecule has 0 aliphatic carbocycles. The Morgan fingerprint density at radius 1 is 1.30 bits per heavy atom. The third-order valence-corrected chi connectivity index (χ3v) is 4.70. The van der Waals surface area contributed by atoms with E-state index in [1.165, 1.54) is 13.0 Å². The predicted molar refractivity (Wildman–Crippen MR) is 79.4 cm³/mol. The van der Waals surface area contributed by atoms with Gasteiger partial charge in [0.05, 0.1) is 4.90 Å². The molecule has 0 fully saturated rings. The second kappa shape index (κ2) is 7.04. The molecule has 0 aromatic heterocycles. The molecular weight excluding hydrogens is 279 g/mol. The molecule has 0 heterocycles. The van der Waals surface area contributed by atoms with Crippen LogP contribution in [-0.2, 0) is 10.0 Å². The van der Waals surface area contributed by atoms with Gasteiger partial charge in [0, 0.05) is 17.8 Å². The molecule has 1 aromatic carbocycles. The number of anilines is 1. The predicted octanol–water partition coefficient (Wildman–Crippen LogP) is 2.82. The minimum absolute atomic E-state index is 0.0844. The Hall–Kier alpha value is -1.14. The van der Waals surface area contributed by atoms with Crippen molar-refractivity contribution < 1.29 is 12.8 Å². The number of unbranched alkanes of at least 4 members (excludes halogenated alkanes) is 1. The van der Waals surface area contributed by atoms with Crippen LogP contribution in [0.15, 0.2) is 17.0 Å². The standard InChI is InChI=1S/C14H23FN2O2S/c1-10(2)6-4-5-7-17-20(18,19)14-9-12(16)8-13(15)11(14)3/h8-10,17H,4-7,16H2,1-3H3. The smallest absolute Gasteiger partial charge is 0.241 e. The lowest BCUT2D eigenvalue weighted by molar-refractivity contribution is 0.530. The molecule has 0 aliphatic heterocycles. The molecule has 0 radical (unpaired) electrons. The first-order valence-corrected chi connectivity index (χ1v) is 8.27. The van der Waals surface area contributed by atoms with Crippen molar-refractivity contribution in [2.24, 2.45) is 5.92 Å². The molecule has 3 N–H and O–H groups in total. The molecule has 0 unspecified atom stereocenters. The topological polar surface area (TPSA) is 72.2 Å². The Labute approximate surface area is 120 Å². The fourth-order valence-electron chi connectivity index (χ4n) is 1.91. The number of halogens is 1. The number of nitrogens with two attached hydrogens (primary N) is 1. The molecule has 20 heavy (non-hydrogen) atoms. The minimum Gasteiger partial charge on any atom is -0.399 e. The molecule has 0 amide bonds. The highest BCUT2D eigenvalue weighted by Gasteiger charge is 2.19. The third kappa shape index (κ3) is 4.76. The molecule has 0 bridgehead atoms. The monoisotopic (exact) mass is 302 g/mol. The van der Waals surface area contributed by atoms with E-state index in [4.69, 9.17) is 5.73 Å². The number of sulfonamides is 1. The molecule has 1 aromatic rings. The van der Waals surface area contributed by atoms with Crippen LogP contribution in [-0.4, -0.2) is 15.0 Å². The fraction of sp³-hybridized carbons (Fsp3) is 0.571. The van der Waals surface area contributed by atoms with E-state index in [1.54, 1.807) is 0 Å². The van der Waals surface area contributed by atoms with Crippen LogP contribution < -0.4 is 10.5 Å². The maximum Gasteiger partial charge on any atom is 0.241 e. The van der Waals surface area contributed by atoms with Gasteiger partial charge in [-0.25, -0.2) is 17.5 Å². The largest absolute Gasteiger partial charge is 0.399 e. The normalized spacial score (nSPS) is 12.1. The summed E-state index contributed by atoms with van der Waals surface area (Å²) < 4.78 is 40.3. The van der Waals surface area contributed by atoms with Crippen molar-refractivity contribution in [2.75, 3.05) is 12.3 Å². The van der Waals surface area contributed by atoms with Crippen molar-refractivity contribution in [1.82, 2.24) is 4.72 Å². The van der Waals surface area contributed by atoms with Crippen LogP contribution in [0.5, 0.6) is 0 Å². The molecular formula is C14H23FN2O2S. The zero-order valence-corrected chi connectivity index (χ0v) is 13.1. The van der Waals surface area contributed by atoms with E-state index in [1.807, 2.05) is 0 Å². The molecule has 6 heteroatoms. The van der Waals surface area contributed by atoms with Gasteiger partial charge >= 0.3 is 0 Å². The zero-order chi connectivity index (χ0) is 15.3. The van der Waals surface area contributed by atoms with Gasteiger partial charge in [-0.3, -0.25) is 0 Å². The summed E-state index contributed by atoms with van der Waals surface area (Å²) in [7, 11) is -3.71. The Bertz CT molecular complexity index is 557. The van der Waals surface area contributed by atoms with Crippen LogP contribution in [0.1, 0.15) is 38.7 Å². The number of benzene rings is 1. The van der Waals surface area contributed by atoms with E-state index in [0.717, 1.165) is 25.3 Å². The van der Waals surface area contributed by atoms with E-state index in [9.17, 15) is 12.8 Å². The Morgan fingerprint density at radius 3 is 2.55 bits per heavy atom. The molecule has 0 saturated heterocycles. The first-order chi connectivity index (χ1) is 9.24. The van der Waals surface area contributed by atoms with Crippen molar-refractivity contribution in [2.45, 2.75) is 44.9 Å². The van der Waals surface area contributed by atoms with E-state index in [2.05, 4.69) is 18.6 Å². The first-order valence-electron chi connectivity index (χ1n) is 6.79. The van der Waals surface area contributed by atoms with Gasteiger partial charge in [-0.1, -0.05) is 26.7 Å². The molecule has 4 nitrogen and oxygen atoms in total. The van der Waals surface area contributed by atoms with Crippen LogP contribution in [0.25, 0.3) is 0 Å². The highest BCUT2D eigenvalue weighted by molar-refractivity contribution is 7.89. The molecule has 0 spiro atoms. The summed E-state index contributed by atoms with van der Waals surface area (Å²) in [6.45, 7) is 6.04. The van der Waals surface area contributed by atoms with Gasteiger partial charge in [-0.2, -0.15) is 0 Å². The molecule has 0 aliphatic rings. The third-order valence-electron chi connectivity index (χ3n) is 3.11. The molecule has 0 saturated carbocycles. The first kappa shape index (κ1) is 16.9. The zero-order valence-electron chi connectivity index (χ0n) is 12.2. The SMILES string of the molecule is Cc1c(F)cc(N)cc1S(=O)(=O)NCCCCC(C)C. The van der Waals surface area contributed by atoms with Crippen molar-refractivity contribution in [1.29, 1.82) is 0 Å². The Kier molecular flexibility index (Phi) is 5.95. The number of rotatable bonds is 7. The summed E-state index contributed by atoms with van der Waals surface area (Å²) in [6, 6.07) is 2.41. The van der Waals surface area contributed by atoms with Crippen molar-refractivity contribution in [3.63, 3.8) is 0 Å². The summed E-state index contributed by atoms with van der Waals surface area (Å²) in [5, 5.41) is 0. The van der Waals surface area contributed by atoms with Crippen LogP contribution in [0.2, 0.25) is 0 Å². The Morgan fingerprint density at radius 2 is 1.95 bits per heavy atom. The van der Waals surface area contributed by atoms with Gasteiger partial charge in [0.25, 0.3) is 0 Å². The summed E-state index contributed by atoms with van der Waals surface area (Å²) in [5.74, 6) is 0.00190. The highest BCUT2D eigenvalue weighted by Crippen LogP contribution is 2.21. The van der Waals surface area contributed by atoms with Crippen LogP contribution in [0.4, 0.5) is 10.1 Å². The quantitative estimate of drug-likeness (QED) is 0.601. The van der Waals surface area contributed by atoms with Crippen LogP contribution in [0.3, 0.4) is 0 Å². The summed E-state index contributed by atoms with van der Waals surface area (Å²) in [5.41, 5.74) is 5.70. The maximum absolute atomic E-state index is 13.5. The van der Waals surface area contributed by atoms with Crippen molar-refractivity contribution in [3.05, 3.63) is 23.5 Å². The lowest BCUT2D eigenvalue weighted by Crippen LogP contribution is -2.26. The van der Waals surface area contributed by atoms with Gasteiger partial charge < -0.3 is 5.73 Å². The number of hydrogen-bond donors (Lipinski definition) is 2. The fourth-order valence-corrected chi connectivity index (χ4v) is 3.27. The lowest BCUT2D eigenvalue weighted by atomic mass is 10.1.